The summed E-state index contributed by atoms with van der Waals surface area (Å²) in [6.07, 6.45) is 49.6. The Hall–Kier alpha value is -0.118. The standard InChI is InChI=1S/2C24H39P.2C6H6.O2.Pd/c2*1-2-3-4-25(23-11-17-5-18(12-23)7-19(6-17)13-23)24-14-20-8-21(15-24)10-22(9-20)16-24;2*1-2-4-6-5-3-1;1-2;/h2*17-22H,2-16H2,1H3;2*1-6H;;/q;;;;-2;+2/p+2. The van der Waals surface area contributed by atoms with Gasteiger partial charge in [-0.05, 0) is 238 Å². The zero-order valence-electron chi connectivity index (χ0n) is 41.2. The number of hydrogen-bond acceptors (Lipinski definition) is 2. The van der Waals surface area contributed by atoms with E-state index in [0.29, 0.717) is 0 Å². The Morgan fingerprint density at radius 1 is 0.308 bits per heavy atom. The second kappa shape index (κ2) is 21.7. The molecule has 5 heteroatoms. The number of unbranched alkanes of at least 4 members (excludes halogenated alkanes) is 2. The summed E-state index contributed by atoms with van der Waals surface area (Å²) in [5.41, 5.74) is 0. The molecule has 0 aliphatic heterocycles. The fraction of sp³-hybridized carbons (Fsp3) is 0.800. The number of benzene rings is 2. The summed E-state index contributed by atoms with van der Waals surface area (Å²) < 4.78 is 0. The monoisotopic (exact) mass is 1010 g/mol. The molecule has 0 amide bonds. The van der Waals surface area contributed by atoms with Gasteiger partial charge in [-0.1, -0.05) is 99.5 Å². The molecule has 16 bridgehead atoms. The van der Waals surface area contributed by atoms with Crippen LogP contribution in [0.5, 0.6) is 0 Å². The Morgan fingerprint density at radius 3 is 0.569 bits per heavy atom. The van der Waals surface area contributed by atoms with Gasteiger partial charge in [0, 0.05) is 15.8 Å². The van der Waals surface area contributed by atoms with Crippen LogP contribution in [0.1, 0.15) is 194 Å². The molecule has 65 heavy (non-hydrogen) atoms. The van der Waals surface area contributed by atoms with Crippen LogP contribution < -0.4 is 10.5 Å². The van der Waals surface area contributed by atoms with Gasteiger partial charge in [0.25, 0.3) is 0 Å². The Morgan fingerprint density at radius 2 is 0.446 bits per heavy atom. The van der Waals surface area contributed by atoms with E-state index >= 15 is 0 Å². The van der Waals surface area contributed by atoms with Crippen molar-refractivity contribution in [3.05, 3.63) is 72.8 Å². The summed E-state index contributed by atoms with van der Waals surface area (Å²) in [4.78, 5) is 0. The SMILES string of the molecule is CCCC[PH+](C12CC3CC(CC(C3)C1)C2)C12CC3CC(CC(C3)C1)C2.CCCC[PH+](C12CC3CC(CC(C3)C1)C2)C12CC3CC(CC(C3)C1)C2.[O-][O-].[Pd+2].c1ccccc1.c1ccccc1. The van der Waals surface area contributed by atoms with E-state index in [9.17, 15) is 0 Å². The van der Waals surface area contributed by atoms with Crippen LogP contribution in [0, 0.1) is 71.0 Å². The minimum Gasteiger partial charge on any atom is -1.00 e. The molecule has 0 unspecified atom stereocenters. The van der Waals surface area contributed by atoms with Crippen molar-refractivity contribution in [2.24, 2.45) is 71.0 Å². The fourth-order valence-electron chi connectivity index (χ4n) is 21.6. The molecule has 16 saturated carbocycles. The Balaban J connectivity index is 0.000000126. The first-order valence-electron chi connectivity index (χ1n) is 28.2. The van der Waals surface area contributed by atoms with E-state index in [0.717, 1.165) is 20.6 Å². The van der Waals surface area contributed by atoms with Crippen molar-refractivity contribution in [3.8, 4) is 0 Å². The molecule has 0 saturated heterocycles. The van der Waals surface area contributed by atoms with Gasteiger partial charge in [0.2, 0.25) is 0 Å². The van der Waals surface area contributed by atoms with Crippen LogP contribution in [0.3, 0.4) is 0 Å². The molecule has 2 aromatic rings. The maximum absolute atomic E-state index is 7.00. The Labute approximate surface area is 414 Å². The normalized spacial score (nSPS) is 45.0. The maximum Gasteiger partial charge on any atom is 2.00 e. The first kappa shape index (κ1) is 49.8. The molecule has 0 heterocycles. The molecular formula is C60H92O2P2Pd+2. The summed E-state index contributed by atoms with van der Waals surface area (Å²) in [5.74, 6) is 14.0. The van der Waals surface area contributed by atoms with Gasteiger partial charge in [-0.2, -0.15) is 0 Å². The summed E-state index contributed by atoms with van der Waals surface area (Å²) in [6.45, 7) is 4.91. The van der Waals surface area contributed by atoms with Crippen LogP contribution in [0.2, 0.25) is 0 Å². The zero-order valence-corrected chi connectivity index (χ0v) is 44.8. The first-order chi connectivity index (χ1) is 31.3. The van der Waals surface area contributed by atoms with Crippen LogP contribution in [-0.2, 0) is 20.4 Å². The Bertz CT molecular complexity index is 1340. The predicted molar refractivity (Wildman–Crippen MR) is 273 cm³/mol. The molecular weight excluding hydrogens is 921 g/mol. The summed E-state index contributed by atoms with van der Waals surface area (Å²) in [7, 11) is -0.391. The van der Waals surface area contributed by atoms with Gasteiger partial charge >= 0.3 is 20.4 Å². The van der Waals surface area contributed by atoms with Crippen molar-refractivity contribution in [1.82, 2.24) is 0 Å². The zero-order chi connectivity index (χ0) is 43.8. The van der Waals surface area contributed by atoms with E-state index in [2.05, 4.69) is 13.8 Å². The maximum atomic E-state index is 7.00. The minimum atomic E-state index is -0.196. The van der Waals surface area contributed by atoms with Crippen molar-refractivity contribution in [2.75, 3.05) is 12.3 Å². The van der Waals surface area contributed by atoms with E-state index in [1.54, 1.807) is 179 Å². The van der Waals surface area contributed by atoms with Gasteiger partial charge in [-0.25, -0.2) is 0 Å². The van der Waals surface area contributed by atoms with Crippen molar-refractivity contribution in [2.45, 2.75) is 214 Å². The van der Waals surface area contributed by atoms with E-state index in [4.69, 9.17) is 10.5 Å². The molecule has 0 radical (unpaired) electrons. The second-order valence-electron chi connectivity index (χ2n) is 26.3. The van der Waals surface area contributed by atoms with E-state index in [1.807, 2.05) is 72.8 Å². The second-order valence-corrected chi connectivity index (χ2v) is 33.4. The average Bonchev–Trinajstić information content (AvgIpc) is 3.27. The smallest absolute Gasteiger partial charge is 1.00 e. The summed E-state index contributed by atoms with van der Waals surface area (Å²) in [5, 5.41) is 17.7. The molecule has 16 aliphatic rings. The van der Waals surface area contributed by atoms with Crippen molar-refractivity contribution >= 4 is 15.8 Å². The molecule has 18 rings (SSSR count). The van der Waals surface area contributed by atoms with Gasteiger partial charge in [-0.3, -0.25) is 0 Å². The van der Waals surface area contributed by atoms with Gasteiger partial charge in [-0.15, -0.1) is 0 Å². The van der Waals surface area contributed by atoms with Gasteiger partial charge in [0.1, 0.15) is 0 Å². The minimum absolute atomic E-state index is 0. The first-order valence-corrected chi connectivity index (χ1v) is 31.6. The van der Waals surface area contributed by atoms with Crippen LogP contribution in [0.15, 0.2) is 72.8 Å². The van der Waals surface area contributed by atoms with Crippen molar-refractivity contribution in [1.29, 1.82) is 0 Å². The van der Waals surface area contributed by atoms with Gasteiger partial charge < -0.3 is 10.5 Å². The quantitative estimate of drug-likeness (QED) is 0.103. The van der Waals surface area contributed by atoms with Crippen LogP contribution in [0.25, 0.3) is 0 Å². The third-order valence-electron chi connectivity index (χ3n) is 21.6. The molecule has 0 atom stereocenters. The van der Waals surface area contributed by atoms with Crippen molar-refractivity contribution < 1.29 is 30.9 Å². The van der Waals surface area contributed by atoms with E-state index in [-0.39, 0.29) is 36.3 Å². The molecule has 0 N–H and O–H groups in total. The largest absolute Gasteiger partial charge is 2.00 e. The predicted octanol–water partition coefficient (Wildman–Crippen LogP) is 14.9. The molecule has 0 spiro atoms. The number of rotatable bonds is 10. The topological polar surface area (TPSA) is 46.1 Å². The Kier molecular flexibility index (Phi) is 16.6. The van der Waals surface area contributed by atoms with Crippen LogP contribution in [0.4, 0.5) is 0 Å². The summed E-state index contributed by atoms with van der Waals surface area (Å²) in [6, 6.07) is 24.0. The summed E-state index contributed by atoms with van der Waals surface area (Å²) >= 11 is 0. The fourth-order valence-corrected chi connectivity index (χ4v) is 33.8. The molecule has 16 aliphatic carbocycles. The van der Waals surface area contributed by atoms with E-state index in [1.165, 1.54) is 83.9 Å². The number of hydrogen-bond donors (Lipinski definition) is 0. The van der Waals surface area contributed by atoms with Crippen LogP contribution >= 0.6 is 15.8 Å². The van der Waals surface area contributed by atoms with Gasteiger partial charge in [0.15, 0.2) is 0 Å². The molecule has 362 valence electrons. The van der Waals surface area contributed by atoms with Gasteiger partial charge in [0.05, 0.1) is 32.9 Å². The third-order valence-corrected chi connectivity index (χ3v) is 30.9. The average molecular weight is 1010 g/mol. The van der Waals surface area contributed by atoms with Crippen molar-refractivity contribution in [3.63, 3.8) is 0 Å². The van der Waals surface area contributed by atoms with E-state index < -0.39 is 0 Å². The molecule has 2 nitrogen and oxygen atoms in total. The molecule has 0 aromatic heterocycles. The molecule has 2 aromatic carbocycles. The third kappa shape index (κ3) is 10.6. The van der Waals surface area contributed by atoms with Crippen LogP contribution in [-0.4, -0.2) is 32.9 Å². The molecule has 16 fully saturated rings.